The van der Waals surface area contributed by atoms with Crippen LogP contribution in [0.5, 0.6) is 5.75 Å². The van der Waals surface area contributed by atoms with E-state index in [1.54, 1.807) is 0 Å². The molecule has 2 aliphatic rings. The summed E-state index contributed by atoms with van der Waals surface area (Å²) in [5.41, 5.74) is 6.49. The molecule has 3 rings (SSSR count). The zero-order valence-corrected chi connectivity index (χ0v) is 13.1. The van der Waals surface area contributed by atoms with Crippen molar-refractivity contribution in [3.63, 3.8) is 0 Å². The maximum atomic E-state index is 6.37. The van der Waals surface area contributed by atoms with Gasteiger partial charge in [-0.2, -0.15) is 0 Å². The average Bonchev–Trinajstić information content (AvgIpc) is 2.93. The van der Waals surface area contributed by atoms with Crippen LogP contribution < -0.4 is 10.5 Å². The van der Waals surface area contributed by atoms with Crippen molar-refractivity contribution in [2.75, 3.05) is 13.2 Å². The van der Waals surface area contributed by atoms with Gasteiger partial charge < -0.3 is 15.2 Å². The van der Waals surface area contributed by atoms with Crippen LogP contribution in [0.1, 0.15) is 38.5 Å². The first-order valence-electron chi connectivity index (χ1n) is 7.95. The molecule has 0 aromatic heterocycles. The van der Waals surface area contributed by atoms with E-state index < -0.39 is 0 Å². The van der Waals surface area contributed by atoms with Gasteiger partial charge in [0.1, 0.15) is 12.4 Å². The number of halogens is 1. The van der Waals surface area contributed by atoms with Crippen molar-refractivity contribution in [3.05, 3.63) is 29.3 Å². The van der Waals surface area contributed by atoms with Gasteiger partial charge in [-0.15, -0.1) is 0 Å². The van der Waals surface area contributed by atoms with Crippen molar-refractivity contribution in [3.8, 4) is 5.75 Å². The van der Waals surface area contributed by atoms with Crippen molar-refractivity contribution >= 4 is 11.6 Å². The van der Waals surface area contributed by atoms with Crippen LogP contribution in [0.2, 0.25) is 5.02 Å². The molecule has 1 saturated heterocycles. The molecule has 1 aliphatic heterocycles. The Bertz CT molecular complexity index is 474. The Morgan fingerprint density at radius 1 is 1.38 bits per heavy atom. The van der Waals surface area contributed by atoms with Crippen molar-refractivity contribution in [2.45, 2.75) is 50.2 Å². The molecule has 2 N–H and O–H groups in total. The summed E-state index contributed by atoms with van der Waals surface area (Å²) in [6.45, 7) is 1.39. The Morgan fingerprint density at radius 3 is 2.95 bits per heavy atom. The number of hydrogen-bond acceptors (Lipinski definition) is 3. The summed E-state index contributed by atoms with van der Waals surface area (Å²) in [5, 5.41) is 0.692. The second kappa shape index (κ2) is 6.55. The minimum atomic E-state index is 0.0605. The highest BCUT2D eigenvalue weighted by atomic mass is 35.5. The molecule has 1 spiro atoms. The molecule has 1 aromatic carbocycles. The maximum Gasteiger partial charge on any atom is 0.120 e. The van der Waals surface area contributed by atoms with Crippen LogP contribution in [0.25, 0.3) is 0 Å². The molecule has 2 atom stereocenters. The predicted octanol–water partition coefficient (Wildman–Crippen LogP) is 3.79. The Morgan fingerprint density at radius 2 is 2.19 bits per heavy atom. The van der Waals surface area contributed by atoms with Crippen LogP contribution in [-0.2, 0) is 4.74 Å². The standard InChI is InChI=1S/C17H24ClNO2/c18-14-4-3-5-15(10-14)20-12-16(19)13-6-9-21-17(11-13)7-1-2-8-17/h3-5,10,13,16H,1-2,6-9,11-12,19H2. The van der Waals surface area contributed by atoms with Crippen LogP contribution in [0.4, 0.5) is 0 Å². The fraction of sp³-hybridized carbons (Fsp3) is 0.647. The van der Waals surface area contributed by atoms with Crippen molar-refractivity contribution < 1.29 is 9.47 Å². The van der Waals surface area contributed by atoms with E-state index in [9.17, 15) is 0 Å². The molecule has 1 saturated carbocycles. The minimum absolute atomic E-state index is 0.0605. The molecular weight excluding hydrogens is 286 g/mol. The number of rotatable bonds is 4. The van der Waals surface area contributed by atoms with Crippen molar-refractivity contribution in [2.24, 2.45) is 11.7 Å². The molecule has 116 valence electrons. The van der Waals surface area contributed by atoms with Gasteiger partial charge >= 0.3 is 0 Å². The zero-order valence-electron chi connectivity index (χ0n) is 12.4. The molecule has 0 bridgehead atoms. The second-order valence-corrected chi connectivity index (χ2v) is 6.86. The van der Waals surface area contributed by atoms with E-state index in [0.29, 0.717) is 17.5 Å². The third-order valence-electron chi connectivity index (χ3n) is 4.89. The second-order valence-electron chi connectivity index (χ2n) is 6.42. The first kappa shape index (κ1) is 15.1. The third kappa shape index (κ3) is 3.71. The number of ether oxygens (including phenoxy) is 2. The van der Waals surface area contributed by atoms with Gasteiger partial charge in [0, 0.05) is 17.7 Å². The molecule has 2 fully saturated rings. The Labute approximate surface area is 131 Å². The summed E-state index contributed by atoms with van der Waals surface area (Å²) in [5.74, 6) is 1.29. The molecule has 21 heavy (non-hydrogen) atoms. The van der Waals surface area contributed by atoms with Gasteiger partial charge in [0.15, 0.2) is 0 Å². The molecule has 1 aromatic rings. The van der Waals surface area contributed by atoms with Gasteiger partial charge in [0.2, 0.25) is 0 Å². The van der Waals surface area contributed by atoms with Gasteiger partial charge in [-0.3, -0.25) is 0 Å². The molecule has 3 nitrogen and oxygen atoms in total. The van der Waals surface area contributed by atoms with Crippen LogP contribution >= 0.6 is 11.6 Å². The lowest BCUT2D eigenvalue weighted by Gasteiger charge is -2.40. The van der Waals surface area contributed by atoms with E-state index in [4.69, 9.17) is 26.8 Å². The van der Waals surface area contributed by atoms with E-state index in [-0.39, 0.29) is 11.6 Å². The lowest BCUT2D eigenvalue weighted by Crippen LogP contribution is -2.46. The first-order valence-corrected chi connectivity index (χ1v) is 8.33. The van der Waals surface area contributed by atoms with Gasteiger partial charge in [0.05, 0.1) is 5.60 Å². The molecule has 0 amide bonds. The molecular formula is C17H24ClNO2. The van der Waals surface area contributed by atoms with E-state index in [2.05, 4.69) is 0 Å². The first-order chi connectivity index (χ1) is 10.2. The topological polar surface area (TPSA) is 44.5 Å². The quantitative estimate of drug-likeness (QED) is 0.920. The van der Waals surface area contributed by atoms with Gasteiger partial charge in [-0.05, 0) is 49.8 Å². The fourth-order valence-electron chi connectivity index (χ4n) is 3.68. The average molecular weight is 310 g/mol. The summed E-state index contributed by atoms with van der Waals surface area (Å²) in [7, 11) is 0. The predicted molar refractivity (Wildman–Crippen MR) is 84.8 cm³/mol. The monoisotopic (exact) mass is 309 g/mol. The fourth-order valence-corrected chi connectivity index (χ4v) is 3.86. The van der Waals surface area contributed by atoms with Crippen molar-refractivity contribution in [1.82, 2.24) is 0 Å². The van der Waals surface area contributed by atoms with Gasteiger partial charge in [-0.25, -0.2) is 0 Å². The summed E-state index contributed by atoms with van der Waals surface area (Å²) in [4.78, 5) is 0. The lowest BCUT2D eigenvalue weighted by molar-refractivity contribution is -0.0975. The number of hydrogen-bond donors (Lipinski definition) is 1. The highest BCUT2D eigenvalue weighted by Gasteiger charge is 2.41. The Balaban J connectivity index is 1.54. The van der Waals surface area contributed by atoms with Crippen LogP contribution in [0.15, 0.2) is 24.3 Å². The van der Waals surface area contributed by atoms with E-state index >= 15 is 0 Å². The molecule has 4 heteroatoms. The molecule has 0 radical (unpaired) electrons. The zero-order chi connectivity index (χ0) is 14.7. The number of nitrogens with two attached hydrogens (primary N) is 1. The smallest absolute Gasteiger partial charge is 0.120 e. The highest BCUT2D eigenvalue weighted by Crippen LogP contribution is 2.42. The minimum Gasteiger partial charge on any atom is -0.492 e. The van der Waals surface area contributed by atoms with Gasteiger partial charge in [-0.1, -0.05) is 30.5 Å². The SMILES string of the molecule is NC(COc1cccc(Cl)c1)C1CCOC2(CCCC2)C1. The largest absolute Gasteiger partial charge is 0.492 e. The van der Waals surface area contributed by atoms with E-state index in [0.717, 1.165) is 25.2 Å². The van der Waals surface area contributed by atoms with Gasteiger partial charge in [0.25, 0.3) is 0 Å². The highest BCUT2D eigenvalue weighted by molar-refractivity contribution is 6.30. The summed E-state index contributed by atoms with van der Waals surface area (Å²) < 4.78 is 11.9. The summed E-state index contributed by atoms with van der Waals surface area (Å²) in [6, 6.07) is 7.55. The molecule has 1 heterocycles. The number of benzene rings is 1. The lowest BCUT2D eigenvalue weighted by atomic mass is 9.81. The Hall–Kier alpha value is -0.770. The van der Waals surface area contributed by atoms with Crippen molar-refractivity contribution in [1.29, 1.82) is 0 Å². The third-order valence-corrected chi connectivity index (χ3v) is 5.13. The molecule has 1 aliphatic carbocycles. The summed E-state index contributed by atoms with van der Waals surface area (Å²) >= 11 is 5.96. The normalized spacial score (nSPS) is 25.9. The summed E-state index contributed by atoms with van der Waals surface area (Å²) in [6.07, 6.45) is 7.12. The maximum absolute atomic E-state index is 6.37. The van der Waals surface area contributed by atoms with E-state index in [1.807, 2.05) is 24.3 Å². The Kier molecular flexibility index (Phi) is 4.72. The van der Waals surface area contributed by atoms with Crippen LogP contribution in [-0.4, -0.2) is 24.9 Å². The molecule has 2 unspecified atom stereocenters. The van der Waals surface area contributed by atoms with E-state index in [1.165, 1.54) is 25.7 Å². The van der Waals surface area contributed by atoms with Crippen LogP contribution in [0.3, 0.4) is 0 Å². The van der Waals surface area contributed by atoms with Crippen LogP contribution in [0, 0.1) is 5.92 Å².